The van der Waals surface area contributed by atoms with E-state index in [2.05, 4.69) is 153 Å². The Hall–Kier alpha value is 0.778. The standard InChI is InChI=1S/C12H44B32/c1-3-4(2)8(33(16)38(18)19)6-5(7(3)13)10(37(43(28)29)44(30)32-15)12(36(41(24)25)42(26)27)11(35(31-14)40(22)23)9(6)34(17)39(20)21/h31-32H,13-30H2,1-2H3. The van der Waals surface area contributed by atoms with Crippen molar-refractivity contribution < 1.29 is 0 Å². The van der Waals surface area contributed by atoms with Gasteiger partial charge in [-0.15, -0.1) is 10.9 Å². The largest absolute Gasteiger partial charge is 0.140 e. The summed E-state index contributed by atoms with van der Waals surface area (Å²) in [6.45, 7) is 7.51. The highest BCUT2D eigenvalue weighted by atomic mass is 14.2. The van der Waals surface area contributed by atoms with Gasteiger partial charge in [-0.1, -0.05) is 33.0 Å². The highest BCUT2D eigenvalue weighted by molar-refractivity contribution is 7.89. The maximum atomic E-state index is 2.57. The molecule has 0 nitrogen and oxygen atoms in total. The van der Waals surface area contributed by atoms with Crippen LogP contribution in [-0.4, -0.2) is 231 Å². The van der Waals surface area contributed by atoms with Gasteiger partial charge in [-0.25, -0.2) is 0 Å². The second-order valence-corrected chi connectivity index (χ2v) is 17.2. The summed E-state index contributed by atoms with van der Waals surface area (Å²) in [4.78, 5) is 0. The first-order valence-electron chi connectivity index (χ1n) is 18.9. The minimum atomic E-state index is 0.494. The molecular formula is C12H44B32. The summed E-state index contributed by atoms with van der Waals surface area (Å²) in [6, 6.07) is 0. The molecule has 0 unspecified atom stereocenters. The van der Waals surface area contributed by atoms with Crippen molar-refractivity contribution in [3.05, 3.63) is 11.1 Å². The molecule has 0 bridgehead atoms. The van der Waals surface area contributed by atoms with Crippen LogP contribution in [0, 0.1) is 13.8 Å². The number of rotatable bonds is 14. The molecule has 0 heterocycles. The fourth-order valence-corrected chi connectivity index (χ4v) is 9.14. The summed E-state index contributed by atoms with van der Waals surface area (Å²) >= 11 is 0. The third-order valence-electron chi connectivity index (χ3n) is 12.4. The van der Waals surface area contributed by atoms with Gasteiger partial charge in [-0.3, -0.25) is 0 Å². The highest BCUT2D eigenvalue weighted by Gasteiger charge is 2.42. The van der Waals surface area contributed by atoms with E-state index in [1.54, 1.807) is 49.1 Å². The molecular weight excluding hydrogens is 490 g/mol. The molecule has 44 heavy (non-hydrogen) atoms. The molecule has 0 aliphatic carbocycles. The van der Waals surface area contributed by atoms with Crippen molar-refractivity contribution in [2.24, 2.45) is 0 Å². The van der Waals surface area contributed by atoms with E-state index in [1.807, 2.05) is 0 Å². The van der Waals surface area contributed by atoms with Crippen LogP contribution in [0.1, 0.15) is 11.1 Å². The summed E-state index contributed by atoms with van der Waals surface area (Å²) in [7, 11) is 47.4. The van der Waals surface area contributed by atoms with Crippen LogP contribution in [0.3, 0.4) is 0 Å². The van der Waals surface area contributed by atoms with Crippen molar-refractivity contribution in [2.75, 3.05) is 0 Å². The Morgan fingerprint density at radius 2 is 0.886 bits per heavy atom. The maximum Gasteiger partial charge on any atom is 0.140 e. The van der Waals surface area contributed by atoms with E-state index in [0.717, 1.165) is 0 Å². The number of hydrogen-bond donors (Lipinski definition) is 0. The van der Waals surface area contributed by atoms with Crippen LogP contribution in [-0.2, 0) is 0 Å². The zero-order valence-corrected chi connectivity index (χ0v) is 33.3. The molecule has 188 valence electrons. The normalized spacial score (nSPS) is 10.3. The smallest absolute Gasteiger partial charge is 0.113 e. The second kappa shape index (κ2) is 16.9. The lowest BCUT2D eigenvalue weighted by Gasteiger charge is -2.41. The predicted octanol–water partition coefficient (Wildman–Crippen LogP) is -23.9. The van der Waals surface area contributed by atoms with Crippen LogP contribution in [0.4, 0.5) is 0 Å². The average molecular weight is 534 g/mol. The first-order valence-corrected chi connectivity index (χ1v) is 18.9. The molecule has 0 N–H and O–H groups in total. The van der Waals surface area contributed by atoms with Crippen molar-refractivity contribution in [2.45, 2.75) is 13.8 Å². The van der Waals surface area contributed by atoms with Gasteiger partial charge in [0.25, 0.3) is 0 Å². The lowest BCUT2D eigenvalue weighted by atomic mass is 8.66. The Bertz CT molecular complexity index is 1260. The molecule has 2 rings (SSSR count). The predicted molar refractivity (Wildman–Crippen MR) is 288 cm³/mol. The summed E-state index contributed by atoms with van der Waals surface area (Å²) in [5.41, 5.74) is 13.3. The molecule has 0 fully saturated rings. The first-order chi connectivity index (χ1) is 20.3. The number of benzene rings is 2. The van der Waals surface area contributed by atoms with Gasteiger partial charge in [0.1, 0.15) is 7.85 Å². The topological polar surface area (TPSA) is 0 Å². The minimum Gasteiger partial charge on any atom is -0.113 e. The lowest BCUT2D eigenvalue weighted by Crippen LogP contribution is -2.80. The SMILES string of the molecule is BBB(B)B(B(B)B)c1c(B(B(B)B)B(B)B)c(B(BB)B(B)B)c(B(B)B(B)B)c2c(B(B)B(B)B)c(C)c(C)c(B)c12. The Morgan fingerprint density at radius 3 is 1.25 bits per heavy atom. The van der Waals surface area contributed by atoms with Crippen molar-refractivity contribution in [3.8, 4) is 0 Å². The van der Waals surface area contributed by atoms with Gasteiger partial charge < -0.3 is 0 Å². The van der Waals surface area contributed by atoms with Crippen LogP contribution in [0.25, 0.3) is 10.8 Å². The van der Waals surface area contributed by atoms with Gasteiger partial charge in [0, 0.05) is 51.8 Å². The molecule has 0 aromatic heterocycles. The van der Waals surface area contributed by atoms with Gasteiger partial charge >= 0.3 is 0 Å². The van der Waals surface area contributed by atoms with E-state index >= 15 is 0 Å². The average Bonchev–Trinajstić information content (AvgIpc) is 2.91. The van der Waals surface area contributed by atoms with E-state index < -0.39 is 0 Å². The number of hydrogen-bond acceptors (Lipinski definition) is 0. The Labute approximate surface area is 297 Å². The van der Waals surface area contributed by atoms with Gasteiger partial charge in [-0.05, 0) is 24.6 Å². The first kappa shape index (κ1) is 41.0. The van der Waals surface area contributed by atoms with E-state index in [-0.39, 0.29) is 0 Å². The quantitative estimate of drug-likeness (QED) is 0.212. The molecule has 0 aliphatic heterocycles. The monoisotopic (exact) mass is 541 g/mol. The zero-order chi connectivity index (χ0) is 34.1. The Kier molecular flexibility index (Phi) is 15.8. The molecule has 0 radical (unpaired) electrons. The van der Waals surface area contributed by atoms with Crippen LogP contribution in [0.5, 0.6) is 0 Å². The molecule has 0 amide bonds. The van der Waals surface area contributed by atoms with Crippen molar-refractivity contribution in [1.82, 2.24) is 0 Å². The zero-order valence-electron chi connectivity index (χ0n) is 33.3. The third-order valence-corrected chi connectivity index (χ3v) is 12.4. The molecule has 0 aliphatic rings. The molecule has 0 saturated carbocycles. The van der Waals surface area contributed by atoms with Gasteiger partial charge in [0.05, 0.1) is 171 Å². The Balaban J connectivity index is 3.81. The van der Waals surface area contributed by atoms with Crippen LogP contribution >= 0.6 is 0 Å². The van der Waals surface area contributed by atoms with Crippen LogP contribution < -0.4 is 32.8 Å². The Morgan fingerprint density at radius 1 is 0.432 bits per heavy atom. The summed E-state index contributed by atoms with van der Waals surface area (Å²) in [5.74, 6) is 0. The minimum absolute atomic E-state index is 0.494. The molecule has 0 saturated heterocycles. The van der Waals surface area contributed by atoms with Crippen molar-refractivity contribution in [3.63, 3.8) is 0 Å². The van der Waals surface area contributed by atoms with Crippen LogP contribution in [0.15, 0.2) is 0 Å². The van der Waals surface area contributed by atoms with Gasteiger partial charge in [-0.2, -0.15) is 0 Å². The molecule has 2 aromatic rings. The van der Waals surface area contributed by atoms with Gasteiger partial charge in [0.15, 0.2) is 0 Å². The second-order valence-electron chi connectivity index (χ2n) is 17.2. The van der Waals surface area contributed by atoms with E-state index in [1.165, 1.54) is 19.7 Å². The fraction of sp³-hybridized carbons (Fsp3) is 0.167. The summed E-state index contributed by atoms with van der Waals surface area (Å²) < 4.78 is 0. The molecule has 2 aromatic carbocycles. The maximum absolute atomic E-state index is 2.57. The number of fused-ring (bicyclic) bond motifs is 1. The van der Waals surface area contributed by atoms with E-state index in [0.29, 0.717) is 77.2 Å². The molecule has 0 atom stereocenters. The fourth-order valence-electron chi connectivity index (χ4n) is 9.14. The van der Waals surface area contributed by atoms with Crippen LogP contribution in [0.2, 0.25) is 0 Å². The highest BCUT2D eigenvalue weighted by Crippen LogP contribution is 2.16. The van der Waals surface area contributed by atoms with Crippen molar-refractivity contribution in [1.29, 1.82) is 0 Å². The summed E-state index contributed by atoms with van der Waals surface area (Å²) in [5, 5.41) is 3.32. The molecule has 32 heteroatoms. The lowest BCUT2D eigenvalue weighted by molar-refractivity contribution is 1.41. The third kappa shape index (κ3) is 7.97. The van der Waals surface area contributed by atoms with E-state index in [4.69, 9.17) is 0 Å². The van der Waals surface area contributed by atoms with E-state index in [9.17, 15) is 0 Å². The van der Waals surface area contributed by atoms with Crippen molar-refractivity contribution >= 4 is 274 Å². The summed E-state index contributed by atoms with van der Waals surface area (Å²) in [6.07, 6.45) is 4.15. The molecule has 0 spiro atoms. The van der Waals surface area contributed by atoms with Gasteiger partial charge in [0.2, 0.25) is 0 Å².